The summed E-state index contributed by atoms with van der Waals surface area (Å²) in [5.74, 6) is -0.409. The van der Waals surface area contributed by atoms with Crippen molar-refractivity contribution in [3.05, 3.63) is 50.5 Å². The van der Waals surface area contributed by atoms with E-state index in [0.717, 1.165) is 6.07 Å². The van der Waals surface area contributed by atoms with Crippen LogP contribution in [0.15, 0.2) is 24.8 Å². The molecule has 0 N–H and O–H groups in total. The van der Waals surface area contributed by atoms with Crippen LogP contribution in [0.2, 0.25) is 10.0 Å². The van der Waals surface area contributed by atoms with Crippen LogP contribution in [0.5, 0.6) is 0 Å². The van der Waals surface area contributed by atoms with E-state index in [2.05, 4.69) is 6.58 Å². The minimum Gasteiger partial charge on any atom is -0.383 e. The van der Waals surface area contributed by atoms with Gasteiger partial charge in [-0.05, 0) is 6.07 Å². The second kappa shape index (κ2) is 7.97. The number of rotatable bonds is 7. The number of carbonyl (C=O) groups is 1. The first kappa shape index (κ1) is 17.4. The Kier molecular flexibility index (Phi) is 6.61. The van der Waals surface area contributed by atoms with Crippen LogP contribution in [0.1, 0.15) is 10.4 Å². The fourth-order valence-electron chi connectivity index (χ4n) is 1.65. The first-order valence-corrected chi connectivity index (χ1v) is 6.70. The number of methoxy groups -OCH3 is 1. The lowest BCUT2D eigenvalue weighted by atomic mass is 10.1. The predicted octanol–water partition coefficient (Wildman–Crippen LogP) is 3.18. The highest BCUT2D eigenvalue weighted by molar-refractivity contribution is 6.43. The lowest BCUT2D eigenvalue weighted by Crippen LogP contribution is -2.34. The van der Waals surface area contributed by atoms with Crippen LogP contribution in [-0.4, -0.2) is 42.5 Å². The third-order valence-electron chi connectivity index (χ3n) is 2.65. The molecule has 0 aliphatic rings. The number of amides is 1. The Morgan fingerprint density at radius 3 is 2.71 bits per heavy atom. The van der Waals surface area contributed by atoms with Crippen LogP contribution in [0.25, 0.3) is 0 Å². The summed E-state index contributed by atoms with van der Waals surface area (Å²) in [6.45, 7) is 4.52. The number of nitrogens with zero attached hydrogens (tertiary/aromatic N) is 2. The van der Waals surface area contributed by atoms with Gasteiger partial charge in [-0.3, -0.25) is 14.9 Å². The molecule has 0 saturated carbocycles. The first-order chi connectivity index (χ1) is 9.92. The number of hydrogen-bond donors (Lipinski definition) is 0. The maximum absolute atomic E-state index is 12.4. The van der Waals surface area contributed by atoms with Gasteiger partial charge in [0.2, 0.25) is 0 Å². The highest BCUT2D eigenvalue weighted by Crippen LogP contribution is 2.33. The molecule has 0 radical (unpaired) electrons. The van der Waals surface area contributed by atoms with E-state index in [-0.39, 0.29) is 22.2 Å². The maximum Gasteiger partial charge on any atom is 0.290 e. The lowest BCUT2D eigenvalue weighted by molar-refractivity contribution is -0.384. The number of ether oxygens (including phenoxy) is 1. The predicted molar refractivity (Wildman–Crippen MR) is 81.1 cm³/mol. The van der Waals surface area contributed by atoms with Crippen molar-refractivity contribution in [2.45, 2.75) is 0 Å². The van der Waals surface area contributed by atoms with Gasteiger partial charge in [-0.25, -0.2) is 0 Å². The number of carbonyl (C=O) groups excluding carboxylic acids is 1. The molecule has 0 unspecified atom stereocenters. The molecule has 0 spiro atoms. The molecule has 0 aliphatic carbocycles. The molecule has 8 heteroatoms. The zero-order chi connectivity index (χ0) is 16.0. The molecule has 0 heterocycles. The smallest absolute Gasteiger partial charge is 0.290 e. The van der Waals surface area contributed by atoms with Crippen LogP contribution >= 0.6 is 23.2 Å². The summed E-state index contributed by atoms with van der Waals surface area (Å²) in [6, 6.07) is 2.42. The number of nitro groups is 1. The molecule has 0 aliphatic heterocycles. The van der Waals surface area contributed by atoms with Gasteiger partial charge < -0.3 is 9.64 Å². The minimum atomic E-state index is -0.683. The van der Waals surface area contributed by atoms with E-state index in [1.807, 2.05) is 0 Å². The molecule has 0 aromatic heterocycles. The van der Waals surface area contributed by atoms with Crippen molar-refractivity contribution < 1.29 is 14.5 Å². The van der Waals surface area contributed by atoms with E-state index in [4.69, 9.17) is 27.9 Å². The fourth-order valence-corrected chi connectivity index (χ4v) is 2.04. The van der Waals surface area contributed by atoms with Gasteiger partial charge in [-0.1, -0.05) is 29.3 Å². The molecule has 114 valence electrons. The first-order valence-electron chi connectivity index (χ1n) is 5.95. The van der Waals surface area contributed by atoms with Gasteiger partial charge in [-0.15, -0.1) is 6.58 Å². The van der Waals surface area contributed by atoms with Crippen molar-refractivity contribution in [1.29, 1.82) is 0 Å². The number of halogens is 2. The average Bonchev–Trinajstić information content (AvgIpc) is 2.45. The van der Waals surface area contributed by atoms with Crippen LogP contribution in [0.4, 0.5) is 5.69 Å². The van der Waals surface area contributed by atoms with Crippen molar-refractivity contribution in [2.24, 2.45) is 0 Å². The molecule has 0 bridgehead atoms. The Balaban J connectivity index is 3.15. The van der Waals surface area contributed by atoms with E-state index in [1.165, 1.54) is 18.1 Å². The molecule has 1 aromatic rings. The second-order valence-electron chi connectivity index (χ2n) is 4.08. The number of hydrogen-bond acceptors (Lipinski definition) is 4. The molecule has 0 atom stereocenters. The minimum absolute atomic E-state index is 0.0421. The van der Waals surface area contributed by atoms with Gasteiger partial charge >= 0.3 is 0 Å². The highest BCUT2D eigenvalue weighted by atomic mass is 35.5. The Morgan fingerprint density at radius 1 is 1.52 bits per heavy atom. The van der Waals surface area contributed by atoms with Crippen molar-refractivity contribution in [1.82, 2.24) is 4.90 Å². The van der Waals surface area contributed by atoms with E-state index in [9.17, 15) is 14.9 Å². The fraction of sp³-hybridized carbons (Fsp3) is 0.308. The summed E-state index contributed by atoms with van der Waals surface area (Å²) in [5.41, 5.74) is -0.313. The molecular formula is C13H14Cl2N2O4. The van der Waals surface area contributed by atoms with Crippen molar-refractivity contribution in [3.8, 4) is 0 Å². The highest BCUT2D eigenvalue weighted by Gasteiger charge is 2.22. The zero-order valence-electron chi connectivity index (χ0n) is 11.3. The standard InChI is InChI=1S/C13H14Cl2N2O4/c1-3-4-16(5-6-21-2)13(18)9-7-10(14)12(15)11(8-9)17(19)20/h3,7-8H,1,4-6H2,2H3. The van der Waals surface area contributed by atoms with Gasteiger partial charge in [0.25, 0.3) is 11.6 Å². The quantitative estimate of drug-likeness (QED) is 0.436. The van der Waals surface area contributed by atoms with Crippen molar-refractivity contribution in [2.75, 3.05) is 26.8 Å². The van der Waals surface area contributed by atoms with Crippen LogP contribution in [-0.2, 0) is 4.74 Å². The maximum atomic E-state index is 12.4. The zero-order valence-corrected chi connectivity index (χ0v) is 12.9. The van der Waals surface area contributed by atoms with Crippen molar-refractivity contribution >= 4 is 34.8 Å². The monoisotopic (exact) mass is 332 g/mol. The summed E-state index contributed by atoms with van der Waals surface area (Å²) in [5, 5.41) is 10.7. The van der Waals surface area contributed by atoms with E-state index in [0.29, 0.717) is 13.2 Å². The van der Waals surface area contributed by atoms with Crippen molar-refractivity contribution in [3.63, 3.8) is 0 Å². The third-order valence-corrected chi connectivity index (χ3v) is 3.45. The number of benzene rings is 1. The average molecular weight is 333 g/mol. The van der Waals surface area contributed by atoms with Gasteiger partial charge in [-0.2, -0.15) is 0 Å². The second-order valence-corrected chi connectivity index (χ2v) is 4.87. The Hall–Kier alpha value is -1.63. The Labute approximate surface area is 132 Å². The summed E-state index contributed by atoms with van der Waals surface area (Å²) in [6.07, 6.45) is 1.56. The van der Waals surface area contributed by atoms with E-state index in [1.54, 1.807) is 6.08 Å². The molecule has 0 fully saturated rings. The largest absolute Gasteiger partial charge is 0.383 e. The van der Waals surface area contributed by atoms with Crippen LogP contribution in [0, 0.1) is 10.1 Å². The molecule has 1 rings (SSSR count). The van der Waals surface area contributed by atoms with Gasteiger partial charge in [0.1, 0.15) is 5.02 Å². The SMILES string of the molecule is C=CCN(CCOC)C(=O)c1cc(Cl)c(Cl)c([N+](=O)[O-])c1. The molecule has 1 aromatic carbocycles. The van der Waals surface area contributed by atoms with E-state index < -0.39 is 16.5 Å². The van der Waals surface area contributed by atoms with Gasteiger partial charge in [0.05, 0.1) is 16.6 Å². The van der Waals surface area contributed by atoms with Crippen LogP contribution in [0.3, 0.4) is 0 Å². The summed E-state index contributed by atoms with van der Waals surface area (Å²) < 4.78 is 4.93. The molecule has 1 amide bonds. The normalized spacial score (nSPS) is 10.2. The third kappa shape index (κ3) is 4.42. The molecule has 21 heavy (non-hydrogen) atoms. The number of nitro benzene ring substituents is 1. The molecular weight excluding hydrogens is 319 g/mol. The van der Waals surface area contributed by atoms with Crippen LogP contribution < -0.4 is 0 Å². The van der Waals surface area contributed by atoms with Gasteiger partial charge in [0.15, 0.2) is 0 Å². The molecule has 6 nitrogen and oxygen atoms in total. The molecule has 0 saturated heterocycles. The lowest BCUT2D eigenvalue weighted by Gasteiger charge is -2.20. The summed E-state index contributed by atoms with van der Waals surface area (Å²) in [4.78, 5) is 24.1. The Morgan fingerprint density at radius 2 is 2.19 bits per heavy atom. The summed E-state index contributed by atoms with van der Waals surface area (Å²) >= 11 is 11.6. The Bertz CT molecular complexity index is 563. The topological polar surface area (TPSA) is 72.7 Å². The van der Waals surface area contributed by atoms with E-state index >= 15 is 0 Å². The summed E-state index contributed by atoms with van der Waals surface area (Å²) in [7, 11) is 1.51. The van der Waals surface area contributed by atoms with Gasteiger partial charge in [0, 0.05) is 31.8 Å².